The van der Waals surface area contributed by atoms with Gasteiger partial charge in [-0.2, -0.15) is 5.26 Å². The summed E-state index contributed by atoms with van der Waals surface area (Å²) in [4.78, 5) is 34.5. The molecule has 2 amide bonds. The van der Waals surface area contributed by atoms with Crippen LogP contribution in [0, 0.1) is 22.7 Å². The van der Waals surface area contributed by atoms with E-state index in [0.29, 0.717) is 31.1 Å². The average Bonchev–Trinajstić information content (AvgIpc) is 3.51. The summed E-state index contributed by atoms with van der Waals surface area (Å²) >= 11 is 0. The van der Waals surface area contributed by atoms with Crippen molar-refractivity contribution in [3.8, 4) is 6.07 Å². The SMILES string of the molecule is CC(=O)NCc1cccc(Nc2cc(N3CC[C@@](C#N)(C4CC4)C3=O)ccn2)n1. The monoisotopic (exact) mass is 390 g/mol. The fourth-order valence-electron chi connectivity index (χ4n) is 3.78. The summed E-state index contributed by atoms with van der Waals surface area (Å²) in [6.45, 7) is 2.34. The van der Waals surface area contributed by atoms with Gasteiger partial charge in [-0.05, 0) is 43.4 Å². The summed E-state index contributed by atoms with van der Waals surface area (Å²) in [6.07, 6.45) is 4.12. The number of hydrogen-bond acceptors (Lipinski definition) is 6. The molecule has 1 aliphatic carbocycles. The Kier molecular flexibility index (Phi) is 4.89. The van der Waals surface area contributed by atoms with Crippen molar-refractivity contribution in [3.63, 3.8) is 0 Å². The lowest BCUT2D eigenvalue weighted by Gasteiger charge is -2.21. The van der Waals surface area contributed by atoms with E-state index in [1.54, 1.807) is 29.3 Å². The number of hydrogen-bond donors (Lipinski definition) is 2. The highest BCUT2D eigenvalue weighted by atomic mass is 16.2. The van der Waals surface area contributed by atoms with Crippen molar-refractivity contribution >= 4 is 29.1 Å². The number of carbonyl (C=O) groups is 2. The van der Waals surface area contributed by atoms with Crippen molar-refractivity contribution in [2.45, 2.75) is 32.7 Å². The minimum absolute atomic E-state index is 0.102. The zero-order valence-corrected chi connectivity index (χ0v) is 16.2. The zero-order valence-electron chi connectivity index (χ0n) is 16.2. The lowest BCUT2D eigenvalue weighted by atomic mass is 9.83. The van der Waals surface area contributed by atoms with E-state index in [1.165, 1.54) is 6.92 Å². The smallest absolute Gasteiger partial charge is 0.247 e. The molecule has 0 unspecified atom stereocenters. The largest absolute Gasteiger partial charge is 0.351 e. The van der Waals surface area contributed by atoms with Crippen molar-refractivity contribution < 1.29 is 9.59 Å². The molecular formula is C21H22N6O2. The summed E-state index contributed by atoms with van der Waals surface area (Å²) in [5.74, 6) is 1.12. The molecule has 2 aromatic rings. The van der Waals surface area contributed by atoms with Crippen LogP contribution in [0.1, 0.15) is 31.9 Å². The molecule has 0 radical (unpaired) electrons. The molecule has 2 aromatic heterocycles. The van der Waals surface area contributed by atoms with E-state index in [9.17, 15) is 14.9 Å². The van der Waals surface area contributed by atoms with Gasteiger partial charge in [0.25, 0.3) is 0 Å². The summed E-state index contributed by atoms with van der Waals surface area (Å²) in [6, 6.07) is 11.4. The van der Waals surface area contributed by atoms with Gasteiger partial charge in [0, 0.05) is 31.4 Å². The molecule has 1 atom stereocenters. The van der Waals surface area contributed by atoms with E-state index in [1.807, 2.05) is 12.1 Å². The lowest BCUT2D eigenvalue weighted by Crippen LogP contribution is -2.35. The number of nitrogens with one attached hydrogen (secondary N) is 2. The molecule has 8 heteroatoms. The first-order valence-corrected chi connectivity index (χ1v) is 9.68. The molecule has 2 N–H and O–H groups in total. The Morgan fingerprint density at radius 1 is 1.34 bits per heavy atom. The predicted octanol–water partition coefficient (Wildman–Crippen LogP) is 2.51. The average molecular weight is 390 g/mol. The van der Waals surface area contributed by atoms with Crippen LogP contribution in [-0.2, 0) is 16.1 Å². The third-order valence-corrected chi connectivity index (χ3v) is 5.47. The van der Waals surface area contributed by atoms with Gasteiger partial charge in [0.05, 0.1) is 18.3 Å². The summed E-state index contributed by atoms with van der Waals surface area (Å²) in [5.41, 5.74) is 0.579. The molecule has 4 rings (SSSR count). The summed E-state index contributed by atoms with van der Waals surface area (Å²) in [7, 11) is 0. The van der Waals surface area contributed by atoms with Crippen molar-refractivity contribution in [1.82, 2.24) is 15.3 Å². The standard InChI is InChI=1S/C21H22N6O2/c1-14(28)24-12-16-3-2-4-18(25-16)26-19-11-17(7-9-23-19)27-10-8-21(13-22,20(27)29)15-5-6-15/h2-4,7,9,11,15H,5-6,8,10,12H2,1H3,(H,24,28)(H,23,25,26)/t21-/m1/s1. The Morgan fingerprint density at radius 2 is 2.17 bits per heavy atom. The molecular weight excluding hydrogens is 368 g/mol. The number of amides is 2. The second-order valence-electron chi connectivity index (χ2n) is 7.51. The zero-order chi connectivity index (χ0) is 20.4. The number of carbonyl (C=O) groups excluding carboxylic acids is 2. The van der Waals surface area contributed by atoms with Gasteiger partial charge in [-0.25, -0.2) is 9.97 Å². The van der Waals surface area contributed by atoms with Crippen LogP contribution in [-0.4, -0.2) is 28.3 Å². The molecule has 1 saturated carbocycles. The second-order valence-corrected chi connectivity index (χ2v) is 7.51. The minimum atomic E-state index is -0.865. The quantitative estimate of drug-likeness (QED) is 0.784. The Bertz CT molecular complexity index is 997. The first-order chi connectivity index (χ1) is 14.0. The highest BCUT2D eigenvalue weighted by Crippen LogP contribution is 2.51. The Balaban J connectivity index is 1.50. The molecule has 1 saturated heterocycles. The number of nitriles is 1. The molecule has 0 spiro atoms. The molecule has 148 valence electrons. The van der Waals surface area contributed by atoms with E-state index in [2.05, 4.69) is 26.7 Å². The third kappa shape index (κ3) is 3.76. The van der Waals surface area contributed by atoms with E-state index in [0.717, 1.165) is 24.2 Å². The fourth-order valence-corrected chi connectivity index (χ4v) is 3.78. The molecule has 3 heterocycles. The van der Waals surface area contributed by atoms with Crippen molar-refractivity contribution in [2.24, 2.45) is 11.3 Å². The van der Waals surface area contributed by atoms with Gasteiger partial charge < -0.3 is 15.5 Å². The number of anilines is 3. The van der Waals surface area contributed by atoms with Crippen LogP contribution in [0.2, 0.25) is 0 Å². The summed E-state index contributed by atoms with van der Waals surface area (Å²) in [5, 5.41) is 15.5. The molecule has 8 nitrogen and oxygen atoms in total. The fraction of sp³-hybridized carbons (Fsp3) is 0.381. The Morgan fingerprint density at radius 3 is 2.90 bits per heavy atom. The van der Waals surface area contributed by atoms with E-state index in [4.69, 9.17) is 0 Å². The van der Waals surface area contributed by atoms with Gasteiger partial charge in [0.2, 0.25) is 11.8 Å². The van der Waals surface area contributed by atoms with Crippen LogP contribution < -0.4 is 15.5 Å². The summed E-state index contributed by atoms with van der Waals surface area (Å²) < 4.78 is 0. The van der Waals surface area contributed by atoms with Gasteiger partial charge in [0.1, 0.15) is 17.1 Å². The van der Waals surface area contributed by atoms with E-state index >= 15 is 0 Å². The van der Waals surface area contributed by atoms with Gasteiger partial charge in [-0.15, -0.1) is 0 Å². The normalized spacial score (nSPS) is 21.0. The lowest BCUT2D eigenvalue weighted by molar-refractivity contribution is -0.124. The molecule has 0 aromatic carbocycles. The maximum absolute atomic E-state index is 13.0. The maximum atomic E-state index is 13.0. The number of rotatable bonds is 6. The third-order valence-electron chi connectivity index (χ3n) is 5.47. The van der Waals surface area contributed by atoms with Crippen LogP contribution in [0.15, 0.2) is 36.5 Å². The highest BCUT2D eigenvalue weighted by Gasteiger charge is 2.56. The minimum Gasteiger partial charge on any atom is -0.351 e. The van der Waals surface area contributed by atoms with Crippen molar-refractivity contribution in [2.75, 3.05) is 16.8 Å². The topological polar surface area (TPSA) is 111 Å². The second kappa shape index (κ2) is 7.51. The molecule has 2 fully saturated rings. The van der Waals surface area contributed by atoms with Crippen LogP contribution in [0.25, 0.3) is 0 Å². The van der Waals surface area contributed by atoms with Gasteiger partial charge in [0.15, 0.2) is 0 Å². The maximum Gasteiger partial charge on any atom is 0.247 e. The number of pyridine rings is 2. The predicted molar refractivity (Wildman–Crippen MR) is 107 cm³/mol. The van der Waals surface area contributed by atoms with Gasteiger partial charge in [-0.3, -0.25) is 9.59 Å². The molecule has 2 aliphatic rings. The Labute approximate surface area is 169 Å². The van der Waals surface area contributed by atoms with Crippen LogP contribution >= 0.6 is 0 Å². The van der Waals surface area contributed by atoms with Crippen LogP contribution in [0.4, 0.5) is 17.3 Å². The van der Waals surface area contributed by atoms with Gasteiger partial charge >= 0.3 is 0 Å². The molecule has 0 bridgehead atoms. The molecule has 1 aliphatic heterocycles. The first-order valence-electron chi connectivity index (χ1n) is 9.68. The van der Waals surface area contributed by atoms with Crippen LogP contribution in [0.3, 0.4) is 0 Å². The van der Waals surface area contributed by atoms with Gasteiger partial charge in [-0.1, -0.05) is 6.07 Å². The van der Waals surface area contributed by atoms with E-state index < -0.39 is 5.41 Å². The number of nitrogens with zero attached hydrogens (tertiary/aromatic N) is 4. The van der Waals surface area contributed by atoms with E-state index in [-0.39, 0.29) is 17.7 Å². The van der Waals surface area contributed by atoms with Crippen LogP contribution in [0.5, 0.6) is 0 Å². The molecule has 29 heavy (non-hydrogen) atoms. The van der Waals surface area contributed by atoms with Crippen molar-refractivity contribution in [3.05, 3.63) is 42.2 Å². The highest BCUT2D eigenvalue weighted by molar-refractivity contribution is 6.02. The first kappa shape index (κ1) is 18.9. The Hall–Kier alpha value is -3.47. The van der Waals surface area contributed by atoms with Crippen molar-refractivity contribution in [1.29, 1.82) is 5.26 Å². The number of aromatic nitrogens is 2.